The highest BCUT2D eigenvalue weighted by Gasteiger charge is 2.34. The van der Waals surface area contributed by atoms with Gasteiger partial charge < -0.3 is 14.4 Å². The Morgan fingerprint density at radius 3 is 2.52 bits per heavy atom. The molecule has 0 spiro atoms. The fraction of sp³-hybridized carbons (Fsp3) is 0.500. The number of halogens is 4. The first-order valence-electron chi connectivity index (χ1n) is 7.93. The van der Waals surface area contributed by atoms with Crippen LogP contribution in [0.25, 0.3) is 0 Å². The molecule has 0 atom stereocenters. The van der Waals surface area contributed by atoms with Gasteiger partial charge in [-0.25, -0.2) is 10.4 Å². The van der Waals surface area contributed by atoms with Crippen molar-refractivity contribution in [3.05, 3.63) is 34.4 Å². The Labute approximate surface area is 158 Å². The molecule has 1 aromatic heterocycles. The predicted octanol–water partition coefficient (Wildman–Crippen LogP) is 4.61. The largest absolute Gasteiger partial charge is 0.460 e. The molecule has 1 aliphatic rings. The average Bonchev–Trinajstić information content (AvgIpc) is 2.81. The summed E-state index contributed by atoms with van der Waals surface area (Å²) in [6.45, 7) is 6.90. The van der Waals surface area contributed by atoms with E-state index < -0.39 is 28.5 Å². The Balaban J connectivity index is 1.91. The van der Waals surface area contributed by atoms with Gasteiger partial charge >= 0.3 is 12.1 Å². The van der Waals surface area contributed by atoms with Crippen molar-refractivity contribution in [3.63, 3.8) is 0 Å². The van der Waals surface area contributed by atoms with E-state index in [4.69, 9.17) is 26.0 Å². The number of aromatic nitrogens is 1. The molecule has 2 heterocycles. The smallest absolute Gasteiger partial charge is 0.419 e. The molecule has 0 aromatic carbocycles. The molecule has 0 aliphatic carbocycles. The van der Waals surface area contributed by atoms with Crippen molar-refractivity contribution in [2.24, 2.45) is 0 Å². The molecule has 7 nitrogen and oxygen atoms in total. The average molecular weight is 410 g/mol. The van der Waals surface area contributed by atoms with Gasteiger partial charge in [-0.15, -0.1) is 0 Å². The monoisotopic (exact) mass is 409 g/mol. The van der Waals surface area contributed by atoms with Gasteiger partial charge in [-0.3, -0.25) is 4.79 Å². The minimum atomic E-state index is -4.60. The summed E-state index contributed by atoms with van der Waals surface area (Å²) in [5, 5.41) is 0.104. The van der Waals surface area contributed by atoms with Crippen molar-refractivity contribution in [2.45, 2.75) is 52.3 Å². The maximum atomic E-state index is 12.7. The lowest BCUT2D eigenvalue weighted by Gasteiger charge is -2.19. The van der Waals surface area contributed by atoms with Gasteiger partial charge in [0, 0.05) is 6.42 Å². The van der Waals surface area contributed by atoms with Crippen LogP contribution in [-0.2, 0) is 25.4 Å². The van der Waals surface area contributed by atoms with E-state index in [1.54, 1.807) is 27.7 Å². The van der Waals surface area contributed by atoms with E-state index in [-0.39, 0.29) is 18.7 Å². The number of nitrogens with one attached hydrogen (secondary N) is 1. The summed E-state index contributed by atoms with van der Waals surface area (Å²) in [6.07, 6.45) is -4.30. The summed E-state index contributed by atoms with van der Waals surface area (Å²) < 4.78 is 43.3. The van der Waals surface area contributed by atoms with Gasteiger partial charge in [0.1, 0.15) is 21.9 Å². The Morgan fingerprint density at radius 1 is 1.30 bits per heavy atom. The third-order valence-corrected chi connectivity index (χ3v) is 3.43. The molecular weight excluding hydrogens is 391 g/mol. The fourth-order valence-corrected chi connectivity index (χ4v) is 2.30. The zero-order valence-corrected chi connectivity index (χ0v) is 15.9. The number of rotatable bonds is 5. The van der Waals surface area contributed by atoms with Crippen LogP contribution in [0.1, 0.15) is 46.1 Å². The summed E-state index contributed by atoms with van der Waals surface area (Å²) >= 11 is 5.56. The number of alkyl halides is 3. The Hall–Kier alpha value is -2.20. The Bertz CT molecular complexity index is 747. The molecule has 0 amide bonds. The highest BCUT2D eigenvalue weighted by molar-refractivity contribution is 6.30. The molecule has 27 heavy (non-hydrogen) atoms. The second-order valence-corrected chi connectivity index (χ2v) is 7.01. The Morgan fingerprint density at radius 2 is 1.96 bits per heavy atom. The SMILES string of the molecule is CC1=C(CCC(=O)OC(C)(C)C)ON(Nc2ccc(C(F)(F)F)c(Cl)n2)O1. The summed E-state index contributed by atoms with van der Waals surface area (Å²) in [7, 11) is 0. The molecule has 0 saturated carbocycles. The number of hydrazine groups is 1. The van der Waals surface area contributed by atoms with Crippen LogP contribution in [0.3, 0.4) is 0 Å². The van der Waals surface area contributed by atoms with E-state index in [0.29, 0.717) is 11.5 Å². The van der Waals surface area contributed by atoms with Gasteiger partial charge in [0.05, 0.1) is 12.0 Å². The van der Waals surface area contributed by atoms with Gasteiger partial charge in [0.2, 0.25) is 0 Å². The number of carbonyl (C=O) groups is 1. The van der Waals surface area contributed by atoms with Gasteiger partial charge in [-0.2, -0.15) is 13.2 Å². The number of pyridine rings is 1. The molecule has 0 fully saturated rings. The molecule has 0 radical (unpaired) electrons. The molecule has 11 heteroatoms. The maximum Gasteiger partial charge on any atom is 0.419 e. The van der Waals surface area contributed by atoms with Gasteiger partial charge in [0.25, 0.3) is 0 Å². The van der Waals surface area contributed by atoms with Crippen molar-refractivity contribution in [2.75, 3.05) is 5.43 Å². The van der Waals surface area contributed by atoms with Crippen molar-refractivity contribution in [3.8, 4) is 0 Å². The van der Waals surface area contributed by atoms with Gasteiger partial charge in [0.15, 0.2) is 11.5 Å². The number of allylic oxidation sites excluding steroid dienone is 2. The third kappa shape index (κ3) is 6.17. The summed E-state index contributed by atoms with van der Waals surface area (Å²) in [5.74, 6) is 0.332. The van der Waals surface area contributed by atoms with Crippen molar-refractivity contribution >= 4 is 23.4 Å². The first-order valence-corrected chi connectivity index (χ1v) is 8.31. The van der Waals surface area contributed by atoms with Crippen LogP contribution >= 0.6 is 11.6 Å². The lowest BCUT2D eigenvalue weighted by molar-refractivity contribution is -0.277. The fourth-order valence-electron chi connectivity index (χ4n) is 2.04. The molecule has 2 rings (SSSR count). The maximum absolute atomic E-state index is 12.7. The minimum Gasteiger partial charge on any atom is -0.460 e. The van der Waals surface area contributed by atoms with E-state index in [1.807, 2.05) is 0 Å². The molecule has 0 saturated heterocycles. The lowest BCUT2D eigenvalue weighted by Crippen LogP contribution is -2.26. The summed E-state index contributed by atoms with van der Waals surface area (Å²) in [5.41, 5.74) is 0.876. The zero-order chi connectivity index (χ0) is 20.4. The number of carbonyl (C=O) groups excluding carboxylic acids is 1. The van der Waals surface area contributed by atoms with E-state index in [0.717, 1.165) is 17.5 Å². The first-order chi connectivity index (χ1) is 12.3. The molecular formula is C16H19ClF3N3O4. The molecule has 0 unspecified atom stereocenters. The number of esters is 1. The Kier molecular flexibility index (Phi) is 6.10. The molecule has 0 bridgehead atoms. The normalized spacial score (nSPS) is 15.4. The predicted molar refractivity (Wildman–Crippen MR) is 89.7 cm³/mol. The number of ether oxygens (including phenoxy) is 1. The van der Waals surface area contributed by atoms with E-state index in [2.05, 4.69) is 10.4 Å². The number of hydrogen-bond acceptors (Lipinski definition) is 7. The van der Waals surface area contributed by atoms with E-state index >= 15 is 0 Å². The quantitative estimate of drug-likeness (QED) is 0.562. The topological polar surface area (TPSA) is 72.9 Å². The van der Waals surface area contributed by atoms with Crippen molar-refractivity contribution < 1.29 is 32.4 Å². The molecule has 1 aromatic rings. The zero-order valence-electron chi connectivity index (χ0n) is 15.1. The van der Waals surface area contributed by atoms with Gasteiger partial charge in [-0.05, 0) is 39.8 Å². The number of nitrogens with zero attached hydrogens (tertiary/aromatic N) is 2. The van der Waals surface area contributed by atoms with Crippen LogP contribution in [0.4, 0.5) is 19.0 Å². The summed E-state index contributed by atoms with van der Waals surface area (Å²) in [4.78, 5) is 26.0. The van der Waals surface area contributed by atoms with Crippen LogP contribution < -0.4 is 5.43 Å². The minimum absolute atomic E-state index is 0.0193. The first kappa shape index (κ1) is 21.1. The highest BCUT2D eigenvalue weighted by Crippen LogP contribution is 2.34. The number of anilines is 1. The van der Waals surface area contributed by atoms with Gasteiger partial charge in [-0.1, -0.05) is 11.6 Å². The van der Waals surface area contributed by atoms with Crippen LogP contribution in [0.15, 0.2) is 23.7 Å². The molecule has 150 valence electrons. The van der Waals surface area contributed by atoms with Crippen LogP contribution in [0.2, 0.25) is 5.15 Å². The van der Waals surface area contributed by atoms with E-state index in [1.165, 1.54) is 0 Å². The molecule has 1 aliphatic heterocycles. The second-order valence-electron chi connectivity index (χ2n) is 6.65. The standard InChI is InChI=1S/C16H19ClF3N3O4/c1-9-11(6-8-13(24)25-15(2,3)4)27-23(26-9)22-12-7-5-10(14(17)21-12)16(18,19)20/h5,7H,6,8H2,1-4H3,(H,21,22). The second kappa shape index (κ2) is 7.81. The number of hydrogen-bond donors (Lipinski definition) is 1. The van der Waals surface area contributed by atoms with Crippen molar-refractivity contribution in [1.29, 1.82) is 0 Å². The third-order valence-electron chi connectivity index (χ3n) is 3.14. The van der Waals surface area contributed by atoms with Crippen LogP contribution in [-0.4, -0.2) is 21.9 Å². The lowest BCUT2D eigenvalue weighted by atomic mass is 10.2. The van der Waals surface area contributed by atoms with Crippen molar-refractivity contribution in [1.82, 2.24) is 10.3 Å². The molecule has 1 N–H and O–H groups in total. The van der Waals surface area contributed by atoms with E-state index in [9.17, 15) is 18.0 Å². The van der Waals surface area contributed by atoms with Crippen LogP contribution in [0, 0.1) is 0 Å². The summed E-state index contributed by atoms with van der Waals surface area (Å²) in [6, 6.07) is 1.87. The van der Waals surface area contributed by atoms with Crippen LogP contribution in [0.5, 0.6) is 0 Å². The highest BCUT2D eigenvalue weighted by atomic mass is 35.5.